The lowest BCUT2D eigenvalue weighted by Gasteiger charge is -2.31. The molecule has 5 heteroatoms. The number of fused-ring (bicyclic) bond motifs is 1. The maximum atomic E-state index is 11.1. The van der Waals surface area contributed by atoms with Gasteiger partial charge in [0, 0.05) is 6.04 Å². The van der Waals surface area contributed by atoms with Crippen LogP contribution in [0.3, 0.4) is 0 Å². The van der Waals surface area contributed by atoms with Crippen LogP contribution in [0, 0.1) is 5.92 Å². The highest BCUT2D eigenvalue weighted by molar-refractivity contribution is 5.76. The Labute approximate surface area is 94.0 Å². The average molecular weight is 227 g/mol. The number of carboxylic acids is 2. The van der Waals surface area contributed by atoms with E-state index in [1.807, 2.05) is 0 Å². The average Bonchev–Trinajstić information content (AvgIpc) is 2.57. The molecule has 1 saturated carbocycles. The topological polar surface area (TPSA) is 77.8 Å². The van der Waals surface area contributed by atoms with Crippen molar-refractivity contribution in [3.05, 3.63) is 0 Å². The van der Waals surface area contributed by atoms with Gasteiger partial charge < -0.3 is 10.2 Å². The van der Waals surface area contributed by atoms with Gasteiger partial charge in [0.2, 0.25) is 0 Å². The molecule has 1 heterocycles. The van der Waals surface area contributed by atoms with Gasteiger partial charge in [0.15, 0.2) is 0 Å². The van der Waals surface area contributed by atoms with Crippen molar-refractivity contribution in [1.82, 2.24) is 4.90 Å². The molecule has 3 unspecified atom stereocenters. The Kier molecular flexibility index (Phi) is 3.14. The van der Waals surface area contributed by atoms with Crippen molar-refractivity contribution in [3.63, 3.8) is 0 Å². The zero-order valence-corrected chi connectivity index (χ0v) is 9.13. The summed E-state index contributed by atoms with van der Waals surface area (Å²) in [5, 5.41) is 17.9. The molecule has 0 bridgehead atoms. The van der Waals surface area contributed by atoms with Crippen LogP contribution in [-0.4, -0.2) is 45.7 Å². The third-order valence-electron chi connectivity index (χ3n) is 3.82. The summed E-state index contributed by atoms with van der Waals surface area (Å²) in [7, 11) is 0. The molecule has 1 aliphatic carbocycles. The van der Waals surface area contributed by atoms with E-state index in [2.05, 4.69) is 0 Å². The van der Waals surface area contributed by atoms with Crippen molar-refractivity contribution < 1.29 is 19.8 Å². The quantitative estimate of drug-likeness (QED) is 0.745. The Morgan fingerprint density at radius 1 is 1.19 bits per heavy atom. The van der Waals surface area contributed by atoms with Crippen LogP contribution >= 0.6 is 0 Å². The first-order chi connectivity index (χ1) is 7.59. The van der Waals surface area contributed by atoms with Gasteiger partial charge >= 0.3 is 11.9 Å². The second kappa shape index (κ2) is 4.41. The Balaban J connectivity index is 2.14. The molecule has 16 heavy (non-hydrogen) atoms. The van der Waals surface area contributed by atoms with E-state index in [1.165, 1.54) is 0 Å². The predicted molar refractivity (Wildman–Crippen MR) is 56.1 cm³/mol. The molecule has 0 aromatic heterocycles. The van der Waals surface area contributed by atoms with Crippen LogP contribution in [0.25, 0.3) is 0 Å². The summed E-state index contributed by atoms with van der Waals surface area (Å²) in [6.45, 7) is -0.141. The second-order valence-electron chi connectivity index (χ2n) is 4.77. The van der Waals surface area contributed by atoms with Crippen LogP contribution in [0.15, 0.2) is 0 Å². The minimum Gasteiger partial charge on any atom is -0.480 e. The van der Waals surface area contributed by atoms with Gasteiger partial charge in [-0.2, -0.15) is 0 Å². The molecule has 3 atom stereocenters. The Morgan fingerprint density at radius 3 is 2.50 bits per heavy atom. The zero-order valence-electron chi connectivity index (χ0n) is 9.13. The van der Waals surface area contributed by atoms with Gasteiger partial charge in [-0.15, -0.1) is 0 Å². The van der Waals surface area contributed by atoms with Crippen LogP contribution in [0.1, 0.15) is 32.1 Å². The van der Waals surface area contributed by atoms with Crippen molar-refractivity contribution in [3.8, 4) is 0 Å². The molecule has 0 spiro atoms. The summed E-state index contributed by atoms with van der Waals surface area (Å²) in [6, 6.07) is -0.421. The first-order valence-corrected chi connectivity index (χ1v) is 5.80. The van der Waals surface area contributed by atoms with Crippen molar-refractivity contribution in [2.24, 2.45) is 5.92 Å². The molecular weight excluding hydrogens is 210 g/mol. The standard InChI is InChI=1S/C11H17NO4/c13-10(14)6-12-8-4-2-1-3-7(8)5-9(12)11(15)16/h7-9H,1-6H2,(H,13,14)(H,15,16). The lowest BCUT2D eigenvalue weighted by atomic mass is 9.85. The smallest absolute Gasteiger partial charge is 0.320 e. The normalized spacial score (nSPS) is 34.6. The molecule has 0 amide bonds. The number of carboxylic acid groups (broad SMARTS) is 2. The fraction of sp³-hybridized carbons (Fsp3) is 0.818. The Morgan fingerprint density at radius 2 is 1.88 bits per heavy atom. The Bertz CT molecular complexity index is 304. The molecule has 2 rings (SSSR count). The lowest BCUT2D eigenvalue weighted by Crippen LogP contribution is -2.44. The van der Waals surface area contributed by atoms with E-state index in [-0.39, 0.29) is 12.6 Å². The molecule has 2 N–H and O–H groups in total. The number of carbonyl (C=O) groups is 2. The summed E-state index contributed by atoms with van der Waals surface area (Å²) in [5.41, 5.74) is 0. The van der Waals surface area contributed by atoms with E-state index in [0.29, 0.717) is 12.3 Å². The molecular formula is C11H17NO4. The third-order valence-corrected chi connectivity index (χ3v) is 3.82. The highest BCUT2D eigenvalue weighted by atomic mass is 16.4. The number of nitrogens with zero attached hydrogens (tertiary/aromatic N) is 1. The largest absolute Gasteiger partial charge is 0.480 e. The maximum absolute atomic E-state index is 11.1. The van der Waals surface area contributed by atoms with Gasteiger partial charge in [-0.3, -0.25) is 14.5 Å². The van der Waals surface area contributed by atoms with E-state index < -0.39 is 18.0 Å². The van der Waals surface area contributed by atoms with E-state index in [9.17, 15) is 9.59 Å². The second-order valence-corrected chi connectivity index (χ2v) is 4.77. The number of likely N-dealkylation sites (tertiary alicyclic amines) is 1. The predicted octanol–water partition coefficient (Wildman–Crippen LogP) is 0.789. The van der Waals surface area contributed by atoms with Gasteiger partial charge in [-0.1, -0.05) is 12.8 Å². The molecule has 5 nitrogen and oxygen atoms in total. The summed E-state index contributed by atoms with van der Waals surface area (Å²) in [5.74, 6) is -1.43. The zero-order chi connectivity index (χ0) is 11.7. The first kappa shape index (κ1) is 11.4. The SMILES string of the molecule is O=C(O)CN1C(C(=O)O)CC2CCCCC21. The van der Waals surface area contributed by atoms with Crippen molar-refractivity contribution in [2.75, 3.05) is 6.54 Å². The molecule has 0 aromatic rings. The van der Waals surface area contributed by atoms with Crippen LogP contribution in [0.5, 0.6) is 0 Å². The fourth-order valence-electron chi connectivity index (χ4n) is 3.18. The van der Waals surface area contributed by atoms with Crippen LogP contribution in [0.4, 0.5) is 0 Å². The van der Waals surface area contributed by atoms with Crippen molar-refractivity contribution in [1.29, 1.82) is 0 Å². The molecule has 90 valence electrons. The van der Waals surface area contributed by atoms with E-state index in [1.54, 1.807) is 4.90 Å². The van der Waals surface area contributed by atoms with Crippen LogP contribution in [0.2, 0.25) is 0 Å². The highest BCUT2D eigenvalue weighted by Crippen LogP contribution is 2.39. The monoisotopic (exact) mass is 227 g/mol. The summed E-state index contributed by atoms with van der Waals surface area (Å²) < 4.78 is 0. The summed E-state index contributed by atoms with van der Waals surface area (Å²) in [6.07, 6.45) is 4.84. The molecule has 2 aliphatic rings. The first-order valence-electron chi connectivity index (χ1n) is 5.80. The van der Waals surface area contributed by atoms with E-state index in [4.69, 9.17) is 10.2 Å². The molecule has 2 fully saturated rings. The minimum absolute atomic E-state index is 0.141. The molecule has 1 saturated heterocycles. The van der Waals surface area contributed by atoms with Gasteiger partial charge in [0.05, 0.1) is 6.54 Å². The van der Waals surface area contributed by atoms with Gasteiger partial charge in [-0.05, 0) is 25.2 Å². The number of hydrogen-bond donors (Lipinski definition) is 2. The van der Waals surface area contributed by atoms with Gasteiger partial charge in [0.25, 0.3) is 0 Å². The number of aliphatic carboxylic acids is 2. The summed E-state index contributed by atoms with van der Waals surface area (Å²) >= 11 is 0. The third kappa shape index (κ3) is 2.04. The van der Waals surface area contributed by atoms with Crippen LogP contribution < -0.4 is 0 Å². The van der Waals surface area contributed by atoms with E-state index in [0.717, 1.165) is 25.7 Å². The van der Waals surface area contributed by atoms with Crippen LogP contribution in [-0.2, 0) is 9.59 Å². The highest BCUT2D eigenvalue weighted by Gasteiger charge is 2.45. The number of rotatable bonds is 3. The summed E-state index contributed by atoms with van der Waals surface area (Å²) in [4.78, 5) is 23.5. The van der Waals surface area contributed by atoms with Crippen molar-refractivity contribution >= 4 is 11.9 Å². The fourth-order valence-corrected chi connectivity index (χ4v) is 3.18. The van der Waals surface area contributed by atoms with E-state index >= 15 is 0 Å². The minimum atomic E-state index is -0.933. The molecule has 1 aliphatic heterocycles. The van der Waals surface area contributed by atoms with Gasteiger partial charge in [0.1, 0.15) is 6.04 Å². The molecule has 0 aromatic carbocycles. The van der Waals surface area contributed by atoms with Gasteiger partial charge in [-0.25, -0.2) is 0 Å². The van der Waals surface area contributed by atoms with Crippen molar-refractivity contribution in [2.45, 2.75) is 44.2 Å². The molecule has 0 radical (unpaired) electrons. The lowest BCUT2D eigenvalue weighted by molar-refractivity contribution is -0.145. The number of hydrogen-bond acceptors (Lipinski definition) is 3. The Hall–Kier alpha value is -1.10. The maximum Gasteiger partial charge on any atom is 0.320 e.